The first-order valence-electron chi connectivity index (χ1n) is 6.16. The van der Waals surface area contributed by atoms with Gasteiger partial charge in [-0.2, -0.15) is 4.98 Å². The van der Waals surface area contributed by atoms with E-state index < -0.39 is 15.4 Å². The Bertz CT molecular complexity index is 737. The Balaban J connectivity index is 2.39. The number of ether oxygens (including phenoxy) is 1. The highest BCUT2D eigenvalue weighted by Gasteiger charge is 2.28. The minimum atomic E-state index is -3.30. The maximum atomic E-state index is 11.6. The molecule has 0 bridgehead atoms. The second-order valence-corrected chi connectivity index (χ2v) is 7.09. The molecule has 1 heterocycles. The molecule has 0 radical (unpaired) electrons. The van der Waals surface area contributed by atoms with Crippen LogP contribution in [-0.2, 0) is 20.1 Å². The summed E-state index contributed by atoms with van der Waals surface area (Å²) in [6, 6.07) is 6.30. The van der Waals surface area contributed by atoms with Crippen molar-refractivity contribution in [1.29, 1.82) is 0 Å². The van der Waals surface area contributed by atoms with E-state index in [0.717, 1.165) is 6.26 Å². The molecule has 0 aliphatic heterocycles. The zero-order chi connectivity index (χ0) is 15.7. The number of aromatic nitrogens is 2. The molecule has 7 nitrogen and oxygen atoms in total. The van der Waals surface area contributed by atoms with Crippen LogP contribution in [0.25, 0.3) is 11.5 Å². The second-order valence-electron chi connectivity index (χ2n) is 5.07. The van der Waals surface area contributed by atoms with Crippen LogP contribution in [0.15, 0.2) is 33.7 Å². The fraction of sp³-hybridized carbons (Fsp3) is 0.385. The van der Waals surface area contributed by atoms with Crippen molar-refractivity contribution in [2.75, 3.05) is 20.0 Å². The Hall–Kier alpha value is -1.77. The molecule has 2 rings (SSSR count). The highest BCUT2D eigenvalue weighted by molar-refractivity contribution is 7.90. The van der Waals surface area contributed by atoms with Gasteiger partial charge in [0.1, 0.15) is 5.54 Å². The first-order valence-corrected chi connectivity index (χ1v) is 8.06. The average Bonchev–Trinajstić information content (AvgIpc) is 2.88. The van der Waals surface area contributed by atoms with Crippen molar-refractivity contribution in [3.8, 4) is 11.5 Å². The van der Waals surface area contributed by atoms with E-state index in [0.29, 0.717) is 11.4 Å². The largest absolute Gasteiger partial charge is 0.382 e. The quantitative estimate of drug-likeness (QED) is 0.876. The SMILES string of the molecule is COCC(C)(N)c1noc(-c2cccc(S(C)(=O)=O)c2)n1. The molecule has 21 heavy (non-hydrogen) atoms. The van der Waals surface area contributed by atoms with Crippen LogP contribution in [0.3, 0.4) is 0 Å². The van der Waals surface area contributed by atoms with E-state index in [2.05, 4.69) is 10.1 Å². The molecule has 8 heteroatoms. The zero-order valence-electron chi connectivity index (χ0n) is 12.0. The van der Waals surface area contributed by atoms with E-state index in [-0.39, 0.29) is 17.4 Å². The normalized spacial score (nSPS) is 14.9. The third-order valence-corrected chi connectivity index (χ3v) is 4.00. The Morgan fingerprint density at radius 1 is 1.43 bits per heavy atom. The van der Waals surface area contributed by atoms with E-state index in [4.69, 9.17) is 15.0 Å². The summed E-state index contributed by atoms with van der Waals surface area (Å²) >= 11 is 0. The van der Waals surface area contributed by atoms with Crippen molar-refractivity contribution in [3.63, 3.8) is 0 Å². The van der Waals surface area contributed by atoms with Gasteiger partial charge >= 0.3 is 0 Å². The molecule has 0 spiro atoms. The van der Waals surface area contributed by atoms with Gasteiger partial charge in [-0.15, -0.1) is 0 Å². The number of hydrogen-bond acceptors (Lipinski definition) is 7. The molecule has 0 amide bonds. The molecule has 0 saturated heterocycles. The lowest BCUT2D eigenvalue weighted by Gasteiger charge is -2.18. The standard InChI is InChI=1S/C13H17N3O4S/c1-13(14,8-19-2)12-15-11(20-16-12)9-5-4-6-10(7-9)21(3,17)18/h4-7H,8,14H2,1-3H3. The minimum Gasteiger partial charge on any atom is -0.382 e. The van der Waals surface area contributed by atoms with Gasteiger partial charge in [-0.1, -0.05) is 11.2 Å². The van der Waals surface area contributed by atoms with Gasteiger partial charge in [0.25, 0.3) is 5.89 Å². The monoisotopic (exact) mass is 311 g/mol. The molecule has 1 unspecified atom stereocenters. The lowest BCUT2D eigenvalue weighted by molar-refractivity contribution is 0.135. The van der Waals surface area contributed by atoms with Crippen molar-refractivity contribution in [1.82, 2.24) is 10.1 Å². The number of nitrogens with two attached hydrogens (primary N) is 1. The molecule has 0 saturated carbocycles. The van der Waals surface area contributed by atoms with Gasteiger partial charge in [-0.05, 0) is 25.1 Å². The molecule has 0 fully saturated rings. The Labute approximate surface area is 123 Å². The average molecular weight is 311 g/mol. The highest BCUT2D eigenvalue weighted by atomic mass is 32.2. The summed E-state index contributed by atoms with van der Waals surface area (Å²) in [4.78, 5) is 4.40. The van der Waals surface area contributed by atoms with Crippen molar-refractivity contribution in [3.05, 3.63) is 30.1 Å². The van der Waals surface area contributed by atoms with Crippen LogP contribution in [0.2, 0.25) is 0 Å². The molecule has 2 aromatic rings. The predicted molar refractivity (Wildman–Crippen MR) is 76.3 cm³/mol. The van der Waals surface area contributed by atoms with E-state index >= 15 is 0 Å². The summed E-state index contributed by atoms with van der Waals surface area (Å²) in [7, 11) is -1.77. The Morgan fingerprint density at radius 2 is 2.14 bits per heavy atom. The van der Waals surface area contributed by atoms with Gasteiger partial charge in [0, 0.05) is 18.9 Å². The Kier molecular flexibility index (Phi) is 4.13. The van der Waals surface area contributed by atoms with Gasteiger partial charge in [-0.3, -0.25) is 0 Å². The van der Waals surface area contributed by atoms with Crippen LogP contribution in [0.5, 0.6) is 0 Å². The maximum absolute atomic E-state index is 11.6. The molecular weight excluding hydrogens is 294 g/mol. The topological polar surface area (TPSA) is 108 Å². The number of benzene rings is 1. The predicted octanol–water partition coefficient (Wildman–Crippen LogP) is 0.960. The van der Waals surface area contributed by atoms with Gasteiger partial charge < -0.3 is 15.0 Å². The third-order valence-electron chi connectivity index (χ3n) is 2.89. The van der Waals surface area contributed by atoms with Gasteiger partial charge in [0.05, 0.1) is 11.5 Å². The van der Waals surface area contributed by atoms with Crippen LogP contribution in [0.1, 0.15) is 12.7 Å². The van der Waals surface area contributed by atoms with Gasteiger partial charge in [0.2, 0.25) is 0 Å². The van der Waals surface area contributed by atoms with Gasteiger partial charge in [-0.25, -0.2) is 8.42 Å². The summed E-state index contributed by atoms with van der Waals surface area (Å²) < 4.78 is 33.3. The first kappa shape index (κ1) is 15.6. The van der Waals surface area contributed by atoms with E-state index in [1.54, 1.807) is 19.1 Å². The summed E-state index contributed by atoms with van der Waals surface area (Å²) in [5.41, 5.74) is 5.67. The zero-order valence-corrected chi connectivity index (χ0v) is 12.8. The third kappa shape index (κ3) is 3.46. The Morgan fingerprint density at radius 3 is 2.76 bits per heavy atom. The van der Waals surface area contributed by atoms with Gasteiger partial charge in [0.15, 0.2) is 15.7 Å². The molecule has 1 aromatic heterocycles. The van der Waals surface area contributed by atoms with Crippen LogP contribution in [0.4, 0.5) is 0 Å². The number of rotatable bonds is 5. The number of sulfone groups is 1. The summed E-state index contributed by atoms with van der Waals surface area (Å²) in [5, 5.41) is 3.83. The molecule has 114 valence electrons. The maximum Gasteiger partial charge on any atom is 0.258 e. The fourth-order valence-corrected chi connectivity index (χ4v) is 2.46. The molecule has 0 aliphatic rings. The number of hydrogen-bond donors (Lipinski definition) is 1. The van der Waals surface area contributed by atoms with Crippen LogP contribution >= 0.6 is 0 Å². The summed E-state index contributed by atoms with van der Waals surface area (Å²) in [5.74, 6) is 0.507. The second kappa shape index (κ2) is 5.55. The van der Waals surface area contributed by atoms with E-state index in [1.807, 2.05) is 0 Å². The van der Waals surface area contributed by atoms with E-state index in [1.165, 1.54) is 19.2 Å². The summed E-state index contributed by atoms with van der Waals surface area (Å²) in [6.45, 7) is 1.95. The smallest absolute Gasteiger partial charge is 0.258 e. The minimum absolute atomic E-state index is 0.187. The van der Waals surface area contributed by atoms with Crippen molar-refractivity contribution in [2.45, 2.75) is 17.4 Å². The number of methoxy groups -OCH3 is 1. The van der Waals surface area contributed by atoms with E-state index in [9.17, 15) is 8.42 Å². The van der Waals surface area contributed by atoms with Crippen LogP contribution in [-0.4, -0.2) is 38.5 Å². The molecule has 2 N–H and O–H groups in total. The number of nitrogens with zero attached hydrogens (tertiary/aromatic N) is 2. The highest BCUT2D eigenvalue weighted by Crippen LogP contribution is 2.23. The van der Waals surface area contributed by atoms with Crippen molar-refractivity contribution in [2.24, 2.45) is 5.73 Å². The van der Waals surface area contributed by atoms with Crippen LogP contribution < -0.4 is 5.73 Å². The van der Waals surface area contributed by atoms with Crippen molar-refractivity contribution >= 4 is 9.84 Å². The lowest BCUT2D eigenvalue weighted by Crippen LogP contribution is -2.38. The van der Waals surface area contributed by atoms with Crippen LogP contribution in [0, 0.1) is 0 Å². The molecule has 1 atom stereocenters. The summed E-state index contributed by atoms with van der Waals surface area (Å²) in [6.07, 6.45) is 1.14. The molecule has 1 aromatic carbocycles. The van der Waals surface area contributed by atoms with Crippen molar-refractivity contribution < 1.29 is 17.7 Å². The first-order chi connectivity index (χ1) is 9.74. The lowest BCUT2D eigenvalue weighted by atomic mass is 10.1. The molecular formula is C13H17N3O4S. The fourth-order valence-electron chi connectivity index (χ4n) is 1.80. The molecule has 0 aliphatic carbocycles.